The van der Waals surface area contributed by atoms with Crippen molar-refractivity contribution >= 4 is 11.0 Å². The average Bonchev–Trinajstić information content (AvgIpc) is 3.23. The van der Waals surface area contributed by atoms with Crippen molar-refractivity contribution in [2.24, 2.45) is 0 Å². The van der Waals surface area contributed by atoms with Crippen molar-refractivity contribution in [3.63, 3.8) is 0 Å². The molecule has 3 heterocycles. The number of fused-ring (bicyclic) bond motifs is 1. The Morgan fingerprint density at radius 1 is 0.690 bits per heavy atom. The highest BCUT2D eigenvalue weighted by Crippen LogP contribution is 2.40. The van der Waals surface area contributed by atoms with E-state index in [2.05, 4.69) is 0 Å². The van der Waals surface area contributed by atoms with Gasteiger partial charge in [0.15, 0.2) is 17.3 Å². The summed E-state index contributed by atoms with van der Waals surface area (Å²) in [6, 6.07) is 5.41. The van der Waals surface area contributed by atoms with Crippen LogP contribution in [0.5, 0.6) is 28.7 Å². The van der Waals surface area contributed by atoms with Gasteiger partial charge in [-0.15, -0.1) is 0 Å². The number of hydrogen-bond acceptors (Lipinski definition) is 16. The van der Waals surface area contributed by atoms with Crippen LogP contribution in [0, 0.1) is 0 Å². The number of phenols is 3. The number of aliphatic hydroxyl groups is 7. The van der Waals surface area contributed by atoms with Crippen LogP contribution in [0.2, 0.25) is 0 Å². The molecule has 10 N–H and O–H groups in total. The summed E-state index contributed by atoms with van der Waals surface area (Å²) in [5.74, 6) is -3.08. The van der Waals surface area contributed by atoms with E-state index < -0.39 is 102 Å². The van der Waals surface area contributed by atoms with E-state index in [1.54, 1.807) is 0 Å². The van der Waals surface area contributed by atoms with E-state index >= 15 is 0 Å². The Morgan fingerprint density at radius 3 is 1.90 bits per heavy atom. The van der Waals surface area contributed by atoms with Gasteiger partial charge in [0.1, 0.15) is 65.2 Å². The maximum atomic E-state index is 13.6. The SMILES string of the molecule is O=c1c(OC2OC(CO)C(O)C2O)c(-c2ccc(O)c(O)c2)oc2cc(OC3OC(CO)C(O)C(O)C3O)cc(O)c12. The van der Waals surface area contributed by atoms with Crippen LogP contribution in [0.3, 0.4) is 0 Å². The zero-order valence-corrected chi connectivity index (χ0v) is 21.4. The van der Waals surface area contributed by atoms with Gasteiger partial charge in [-0.3, -0.25) is 4.79 Å². The van der Waals surface area contributed by atoms with E-state index in [0.29, 0.717) is 0 Å². The minimum atomic E-state index is -1.78. The van der Waals surface area contributed by atoms with Gasteiger partial charge in [0.05, 0.1) is 13.2 Å². The molecule has 0 saturated carbocycles. The molecule has 2 aliphatic rings. The Morgan fingerprint density at radius 2 is 1.29 bits per heavy atom. The number of benzene rings is 2. The number of aliphatic hydroxyl groups excluding tert-OH is 7. The minimum Gasteiger partial charge on any atom is -0.507 e. The molecule has 42 heavy (non-hydrogen) atoms. The maximum Gasteiger partial charge on any atom is 0.239 e. The molecule has 0 spiro atoms. The van der Waals surface area contributed by atoms with Crippen molar-refractivity contribution < 1.29 is 74.4 Å². The predicted molar refractivity (Wildman–Crippen MR) is 136 cm³/mol. The van der Waals surface area contributed by atoms with Crippen LogP contribution in [-0.4, -0.2) is 120 Å². The van der Waals surface area contributed by atoms with Crippen molar-refractivity contribution in [2.45, 2.75) is 55.3 Å². The monoisotopic (exact) mass is 596 g/mol. The zero-order chi connectivity index (χ0) is 30.5. The third kappa shape index (κ3) is 5.19. The average molecular weight is 596 g/mol. The summed E-state index contributed by atoms with van der Waals surface area (Å²) in [5, 5.41) is 99.7. The second-order valence-corrected chi connectivity index (χ2v) is 9.75. The molecular weight excluding hydrogens is 568 g/mol. The fourth-order valence-corrected chi connectivity index (χ4v) is 4.67. The first-order valence-corrected chi connectivity index (χ1v) is 12.6. The van der Waals surface area contributed by atoms with E-state index in [9.17, 15) is 55.9 Å². The highest BCUT2D eigenvalue weighted by molar-refractivity contribution is 5.88. The topological polar surface area (TPSA) is 269 Å². The van der Waals surface area contributed by atoms with Gasteiger partial charge in [0, 0.05) is 17.7 Å². The molecule has 5 rings (SSSR count). The second-order valence-electron chi connectivity index (χ2n) is 9.75. The van der Waals surface area contributed by atoms with Crippen LogP contribution in [-0.2, 0) is 9.47 Å². The van der Waals surface area contributed by atoms with Crippen molar-refractivity contribution in [3.05, 3.63) is 40.6 Å². The fraction of sp³-hybridized carbons (Fsp3) is 0.423. The fourth-order valence-electron chi connectivity index (χ4n) is 4.67. The number of hydrogen-bond donors (Lipinski definition) is 10. The number of phenolic OH excluding ortho intramolecular Hbond substituents is 3. The van der Waals surface area contributed by atoms with Crippen LogP contribution in [0.25, 0.3) is 22.3 Å². The van der Waals surface area contributed by atoms with Crippen LogP contribution < -0.4 is 14.9 Å². The Kier molecular flexibility index (Phi) is 8.17. The van der Waals surface area contributed by atoms with E-state index in [1.807, 2.05) is 0 Å². The number of ether oxygens (including phenoxy) is 4. The first kappa shape index (κ1) is 29.8. The van der Waals surface area contributed by atoms with Gasteiger partial charge in [-0.2, -0.15) is 0 Å². The smallest absolute Gasteiger partial charge is 0.239 e. The maximum absolute atomic E-state index is 13.6. The Bertz CT molecular complexity index is 1500. The molecule has 2 fully saturated rings. The molecule has 2 aliphatic heterocycles. The summed E-state index contributed by atoms with van der Waals surface area (Å²) < 4.78 is 27.6. The van der Waals surface area contributed by atoms with Gasteiger partial charge in [0.2, 0.25) is 23.8 Å². The molecule has 228 valence electrons. The first-order valence-electron chi connectivity index (χ1n) is 12.6. The summed E-state index contributed by atoms with van der Waals surface area (Å²) in [6.45, 7) is -1.40. The van der Waals surface area contributed by atoms with Crippen molar-refractivity contribution in [1.82, 2.24) is 0 Å². The summed E-state index contributed by atoms with van der Waals surface area (Å²) in [6.07, 6.45) is -14.3. The van der Waals surface area contributed by atoms with Gasteiger partial charge in [-0.1, -0.05) is 0 Å². The van der Waals surface area contributed by atoms with Gasteiger partial charge in [-0.05, 0) is 18.2 Å². The van der Waals surface area contributed by atoms with E-state index in [-0.39, 0.29) is 22.7 Å². The molecule has 3 aromatic rings. The van der Waals surface area contributed by atoms with E-state index in [1.165, 1.54) is 6.07 Å². The van der Waals surface area contributed by atoms with Gasteiger partial charge in [-0.25, -0.2) is 0 Å². The van der Waals surface area contributed by atoms with E-state index in [0.717, 1.165) is 24.3 Å². The van der Waals surface area contributed by atoms with Crippen LogP contribution in [0.4, 0.5) is 0 Å². The van der Waals surface area contributed by atoms with Crippen molar-refractivity contribution in [2.75, 3.05) is 13.2 Å². The summed E-state index contributed by atoms with van der Waals surface area (Å²) in [7, 11) is 0. The van der Waals surface area contributed by atoms with Crippen LogP contribution >= 0.6 is 0 Å². The van der Waals surface area contributed by atoms with Crippen molar-refractivity contribution in [1.29, 1.82) is 0 Å². The highest BCUT2D eigenvalue weighted by Gasteiger charge is 2.46. The van der Waals surface area contributed by atoms with E-state index in [4.69, 9.17) is 23.4 Å². The lowest BCUT2D eigenvalue weighted by Gasteiger charge is -2.39. The zero-order valence-electron chi connectivity index (χ0n) is 21.4. The lowest BCUT2D eigenvalue weighted by atomic mass is 9.99. The molecule has 0 aliphatic carbocycles. The lowest BCUT2D eigenvalue weighted by Crippen LogP contribution is -2.60. The molecule has 16 heteroatoms. The quantitative estimate of drug-likeness (QED) is 0.127. The molecule has 9 atom stereocenters. The third-order valence-electron chi connectivity index (χ3n) is 6.98. The standard InChI is InChI=1S/C26H28O16/c27-6-14-17(32)20(35)22(37)25(40-14)38-9-4-12(31)16-13(5-9)39-23(8-1-2-10(29)11(30)3-8)24(19(16)34)42-26-21(36)18(33)15(7-28)41-26/h1-5,14-15,17-18,20-22,25-33,35-37H,6-7H2. The Hall–Kier alpha value is -3.71. The normalized spacial score (nSPS) is 31.4. The highest BCUT2D eigenvalue weighted by atomic mass is 16.7. The lowest BCUT2D eigenvalue weighted by molar-refractivity contribution is -0.277. The van der Waals surface area contributed by atoms with Gasteiger partial charge < -0.3 is 74.4 Å². The summed E-state index contributed by atoms with van der Waals surface area (Å²) in [5.41, 5.74) is -1.35. The first-order chi connectivity index (χ1) is 19.9. The summed E-state index contributed by atoms with van der Waals surface area (Å²) in [4.78, 5) is 13.6. The molecule has 16 nitrogen and oxygen atoms in total. The predicted octanol–water partition coefficient (Wildman–Crippen LogP) is -2.43. The third-order valence-corrected chi connectivity index (χ3v) is 6.98. The molecule has 1 aromatic heterocycles. The number of rotatable bonds is 7. The molecule has 2 saturated heterocycles. The molecule has 0 bridgehead atoms. The Balaban J connectivity index is 1.59. The molecule has 0 radical (unpaired) electrons. The minimum absolute atomic E-state index is 0.0224. The molecule has 2 aromatic carbocycles. The summed E-state index contributed by atoms with van der Waals surface area (Å²) >= 11 is 0. The second kappa shape index (κ2) is 11.5. The van der Waals surface area contributed by atoms with Gasteiger partial charge >= 0.3 is 0 Å². The van der Waals surface area contributed by atoms with Crippen LogP contribution in [0.15, 0.2) is 39.5 Å². The Labute approximate surface area is 235 Å². The van der Waals surface area contributed by atoms with Crippen molar-refractivity contribution in [3.8, 4) is 40.1 Å². The number of aromatic hydroxyl groups is 3. The van der Waals surface area contributed by atoms with Crippen LogP contribution in [0.1, 0.15) is 0 Å². The largest absolute Gasteiger partial charge is 0.507 e. The van der Waals surface area contributed by atoms with Gasteiger partial charge in [0.25, 0.3) is 0 Å². The molecule has 0 amide bonds. The molecule has 9 unspecified atom stereocenters. The molecular formula is C26H28O16.